The number of pyridine rings is 1. The molecule has 1 aliphatic rings. The zero-order valence-electron chi connectivity index (χ0n) is 11.4. The normalized spacial score (nSPS) is 16.3. The van der Waals surface area contributed by atoms with E-state index in [0.29, 0.717) is 11.6 Å². The molecule has 2 aromatic heterocycles. The van der Waals surface area contributed by atoms with E-state index in [1.165, 1.54) is 0 Å². The molecule has 0 spiro atoms. The molecule has 0 radical (unpaired) electrons. The van der Waals surface area contributed by atoms with Gasteiger partial charge in [-0.05, 0) is 30.9 Å². The predicted molar refractivity (Wildman–Crippen MR) is 75.1 cm³/mol. The van der Waals surface area contributed by atoms with Crippen LogP contribution >= 0.6 is 0 Å². The molecule has 0 saturated carbocycles. The van der Waals surface area contributed by atoms with E-state index in [1.807, 2.05) is 29.6 Å². The molecule has 0 unspecified atom stereocenters. The third-order valence-corrected chi connectivity index (χ3v) is 3.81. The molecule has 5 heteroatoms. The van der Waals surface area contributed by atoms with E-state index < -0.39 is 0 Å². The first-order valence-corrected chi connectivity index (χ1v) is 6.99. The van der Waals surface area contributed by atoms with Gasteiger partial charge >= 0.3 is 0 Å². The maximum absolute atomic E-state index is 12.3. The van der Waals surface area contributed by atoms with Gasteiger partial charge in [-0.25, -0.2) is 4.98 Å². The molecule has 0 N–H and O–H groups in total. The fourth-order valence-corrected chi connectivity index (χ4v) is 2.66. The number of hydrogen-bond donors (Lipinski definition) is 0. The summed E-state index contributed by atoms with van der Waals surface area (Å²) in [4.78, 5) is 22.4. The van der Waals surface area contributed by atoms with Gasteiger partial charge in [0, 0.05) is 38.2 Å². The first kappa shape index (κ1) is 12.8. The van der Waals surface area contributed by atoms with Crippen molar-refractivity contribution >= 4 is 5.91 Å². The van der Waals surface area contributed by atoms with Crippen molar-refractivity contribution in [3.8, 4) is 0 Å². The van der Waals surface area contributed by atoms with Gasteiger partial charge in [-0.3, -0.25) is 9.78 Å². The lowest BCUT2D eigenvalue weighted by Crippen LogP contribution is -2.39. The summed E-state index contributed by atoms with van der Waals surface area (Å²) in [6.45, 7) is 2.62. The topological polar surface area (TPSA) is 51.0 Å². The zero-order valence-corrected chi connectivity index (χ0v) is 11.4. The van der Waals surface area contributed by atoms with Gasteiger partial charge in [0.2, 0.25) is 0 Å². The fraction of sp³-hybridized carbons (Fsp3) is 0.400. The number of aromatic nitrogens is 3. The van der Waals surface area contributed by atoms with E-state index in [4.69, 9.17) is 0 Å². The van der Waals surface area contributed by atoms with Gasteiger partial charge < -0.3 is 9.47 Å². The van der Waals surface area contributed by atoms with Crippen LogP contribution in [-0.4, -0.2) is 38.4 Å². The highest BCUT2D eigenvalue weighted by Crippen LogP contribution is 2.20. The number of imidazole rings is 1. The van der Waals surface area contributed by atoms with Gasteiger partial charge in [0.1, 0.15) is 5.69 Å². The molecular formula is C15H18N4O. The summed E-state index contributed by atoms with van der Waals surface area (Å²) in [6, 6.07) is 5.46. The van der Waals surface area contributed by atoms with Crippen molar-refractivity contribution in [2.75, 3.05) is 13.1 Å². The van der Waals surface area contributed by atoms with Crippen molar-refractivity contribution in [1.82, 2.24) is 19.4 Å². The minimum absolute atomic E-state index is 0.0479. The molecule has 104 valence electrons. The number of piperidine rings is 1. The van der Waals surface area contributed by atoms with Gasteiger partial charge in [-0.2, -0.15) is 0 Å². The monoisotopic (exact) mass is 270 g/mol. The largest absolute Gasteiger partial charge is 0.337 e. The molecule has 0 aromatic carbocycles. The molecule has 1 fully saturated rings. The average molecular weight is 270 g/mol. The van der Waals surface area contributed by atoms with Crippen molar-refractivity contribution in [2.24, 2.45) is 5.92 Å². The van der Waals surface area contributed by atoms with Crippen LogP contribution in [0, 0.1) is 5.92 Å². The van der Waals surface area contributed by atoms with E-state index in [1.54, 1.807) is 18.5 Å². The second-order valence-corrected chi connectivity index (χ2v) is 5.21. The Morgan fingerprint density at radius 1 is 1.25 bits per heavy atom. The highest BCUT2D eigenvalue weighted by atomic mass is 16.2. The maximum Gasteiger partial charge on any atom is 0.272 e. The third kappa shape index (κ3) is 2.87. The number of carbonyl (C=O) groups is 1. The van der Waals surface area contributed by atoms with Crippen molar-refractivity contribution in [2.45, 2.75) is 19.4 Å². The summed E-state index contributed by atoms with van der Waals surface area (Å²) in [5, 5.41) is 0. The molecule has 0 bridgehead atoms. The summed E-state index contributed by atoms with van der Waals surface area (Å²) in [5.41, 5.74) is 0.542. The summed E-state index contributed by atoms with van der Waals surface area (Å²) in [7, 11) is 0. The van der Waals surface area contributed by atoms with Crippen molar-refractivity contribution in [3.63, 3.8) is 0 Å². The molecule has 5 nitrogen and oxygen atoms in total. The molecule has 2 aromatic rings. The van der Waals surface area contributed by atoms with Gasteiger partial charge in [0.15, 0.2) is 0 Å². The molecule has 0 aliphatic carbocycles. The third-order valence-electron chi connectivity index (χ3n) is 3.81. The Morgan fingerprint density at radius 3 is 2.75 bits per heavy atom. The van der Waals surface area contributed by atoms with Crippen LogP contribution in [0.3, 0.4) is 0 Å². The van der Waals surface area contributed by atoms with E-state index >= 15 is 0 Å². The summed E-state index contributed by atoms with van der Waals surface area (Å²) >= 11 is 0. The first-order valence-electron chi connectivity index (χ1n) is 6.99. The maximum atomic E-state index is 12.3. The SMILES string of the molecule is O=C(c1ccccn1)N1CCC(Cn2ccnc2)CC1. The van der Waals surface area contributed by atoms with Crippen molar-refractivity contribution in [1.29, 1.82) is 0 Å². The second-order valence-electron chi connectivity index (χ2n) is 5.21. The van der Waals surface area contributed by atoms with E-state index in [-0.39, 0.29) is 5.91 Å². The number of hydrogen-bond acceptors (Lipinski definition) is 3. The molecular weight excluding hydrogens is 252 g/mol. The van der Waals surface area contributed by atoms with Gasteiger partial charge in [-0.15, -0.1) is 0 Å². The summed E-state index contributed by atoms with van der Waals surface area (Å²) in [6.07, 6.45) is 9.39. The Bertz CT molecular complexity index is 545. The van der Waals surface area contributed by atoms with Crippen LogP contribution in [-0.2, 0) is 6.54 Å². The zero-order chi connectivity index (χ0) is 13.8. The lowest BCUT2D eigenvalue weighted by Gasteiger charge is -2.31. The number of carbonyl (C=O) groups excluding carboxylic acids is 1. The van der Waals surface area contributed by atoms with E-state index in [2.05, 4.69) is 14.5 Å². The van der Waals surface area contributed by atoms with Gasteiger partial charge in [0.05, 0.1) is 6.33 Å². The second kappa shape index (κ2) is 5.86. The Kier molecular flexibility index (Phi) is 3.76. The Hall–Kier alpha value is -2.17. The Balaban J connectivity index is 1.55. The summed E-state index contributed by atoms with van der Waals surface area (Å²) < 4.78 is 2.11. The highest BCUT2D eigenvalue weighted by Gasteiger charge is 2.24. The number of amides is 1. The van der Waals surface area contributed by atoms with Crippen LogP contribution in [0.25, 0.3) is 0 Å². The van der Waals surface area contributed by atoms with Crippen LogP contribution in [0.4, 0.5) is 0 Å². The number of rotatable bonds is 3. The molecule has 0 atom stereocenters. The van der Waals surface area contributed by atoms with Crippen LogP contribution in [0.2, 0.25) is 0 Å². The highest BCUT2D eigenvalue weighted by molar-refractivity contribution is 5.92. The molecule has 3 heterocycles. The summed E-state index contributed by atoms with van der Waals surface area (Å²) in [5.74, 6) is 0.670. The van der Waals surface area contributed by atoms with E-state index in [9.17, 15) is 4.79 Å². The van der Waals surface area contributed by atoms with Gasteiger partial charge in [0.25, 0.3) is 5.91 Å². The predicted octanol–water partition coefficient (Wildman–Crippen LogP) is 1.83. The molecule has 1 saturated heterocycles. The quantitative estimate of drug-likeness (QED) is 0.855. The molecule has 1 amide bonds. The van der Waals surface area contributed by atoms with Crippen molar-refractivity contribution < 1.29 is 4.79 Å². The first-order chi connectivity index (χ1) is 9.83. The van der Waals surface area contributed by atoms with Crippen LogP contribution in [0.15, 0.2) is 43.1 Å². The number of likely N-dealkylation sites (tertiary alicyclic amines) is 1. The van der Waals surface area contributed by atoms with Crippen molar-refractivity contribution in [3.05, 3.63) is 48.8 Å². The van der Waals surface area contributed by atoms with Crippen LogP contribution in [0.1, 0.15) is 23.3 Å². The minimum atomic E-state index is 0.0479. The van der Waals surface area contributed by atoms with Crippen LogP contribution in [0.5, 0.6) is 0 Å². The molecule has 1 aliphatic heterocycles. The van der Waals surface area contributed by atoms with Crippen LogP contribution < -0.4 is 0 Å². The molecule has 20 heavy (non-hydrogen) atoms. The van der Waals surface area contributed by atoms with E-state index in [0.717, 1.165) is 32.5 Å². The average Bonchev–Trinajstić information content (AvgIpc) is 3.01. The standard InChI is InChI=1S/C15H18N4O/c20-15(14-3-1-2-6-17-14)19-8-4-13(5-9-19)11-18-10-7-16-12-18/h1-3,6-7,10,12-13H,4-5,8-9,11H2. The smallest absolute Gasteiger partial charge is 0.272 e. The number of nitrogens with zero attached hydrogens (tertiary/aromatic N) is 4. The lowest BCUT2D eigenvalue weighted by atomic mass is 9.96. The fourth-order valence-electron chi connectivity index (χ4n) is 2.66. The Labute approximate surface area is 118 Å². The van der Waals surface area contributed by atoms with Gasteiger partial charge in [-0.1, -0.05) is 6.07 Å². The lowest BCUT2D eigenvalue weighted by molar-refractivity contribution is 0.0677. The minimum Gasteiger partial charge on any atom is -0.337 e. The Morgan fingerprint density at radius 2 is 2.10 bits per heavy atom. The molecule has 3 rings (SSSR count).